The summed E-state index contributed by atoms with van der Waals surface area (Å²) in [5.74, 6) is 0.676. The number of halogens is 1. The fraction of sp³-hybridized carbons (Fsp3) is 0.556. The fourth-order valence-electron chi connectivity index (χ4n) is 1.12. The average Bonchev–Trinajstić information content (AvgIpc) is 2.18. The molecule has 1 heterocycles. The predicted octanol–water partition coefficient (Wildman–Crippen LogP) is 1.30. The van der Waals surface area contributed by atoms with Gasteiger partial charge in [-0.05, 0) is 19.9 Å². The van der Waals surface area contributed by atoms with Gasteiger partial charge in [-0.2, -0.15) is 0 Å². The van der Waals surface area contributed by atoms with Crippen LogP contribution >= 0.6 is 11.6 Å². The van der Waals surface area contributed by atoms with Crippen molar-refractivity contribution in [2.75, 3.05) is 18.5 Å². The molecule has 1 aromatic heterocycles. The van der Waals surface area contributed by atoms with E-state index < -0.39 is 0 Å². The van der Waals surface area contributed by atoms with Crippen molar-refractivity contribution in [1.82, 2.24) is 9.97 Å². The minimum absolute atomic E-state index is 0.334. The molecule has 0 saturated heterocycles. The van der Waals surface area contributed by atoms with E-state index in [2.05, 4.69) is 16.9 Å². The van der Waals surface area contributed by atoms with Crippen molar-refractivity contribution in [2.24, 2.45) is 5.73 Å². The molecule has 4 nitrogen and oxygen atoms in total. The lowest BCUT2D eigenvalue weighted by Crippen LogP contribution is -2.32. The van der Waals surface area contributed by atoms with Crippen LogP contribution in [0.1, 0.15) is 13.3 Å². The van der Waals surface area contributed by atoms with Crippen LogP contribution < -0.4 is 10.6 Å². The molecule has 0 fully saturated rings. The van der Waals surface area contributed by atoms with E-state index in [1.807, 2.05) is 11.9 Å². The zero-order valence-electron chi connectivity index (χ0n) is 8.44. The molecule has 0 aromatic carbocycles. The third-order valence-corrected chi connectivity index (χ3v) is 2.36. The van der Waals surface area contributed by atoms with Crippen LogP contribution in [0.15, 0.2) is 12.4 Å². The molecule has 0 aliphatic rings. The Morgan fingerprint density at radius 3 is 2.57 bits per heavy atom. The Hall–Kier alpha value is -0.870. The molecule has 1 atom stereocenters. The molecule has 1 aromatic rings. The second kappa shape index (κ2) is 5.12. The third-order valence-electron chi connectivity index (χ3n) is 2.17. The van der Waals surface area contributed by atoms with E-state index in [0.717, 1.165) is 6.42 Å². The number of hydrogen-bond acceptors (Lipinski definition) is 4. The molecule has 2 N–H and O–H groups in total. The van der Waals surface area contributed by atoms with Crippen molar-refractivity contribution >= 4 is 17.5 Å². The van der Waals surface area contributed by atoms with E-state index in [4.69, 9.17) is 17.3 Å². The predicted molar refractivity (Wildman–Crippen MR) is 58.6 cm³/mol. The first-order valence-electron chi connectivity index (χ1n) is 4.55. The first-order valence-corrected chi connectivity index (χ1v) is 4.93. The molecule has 0 saturated carbocycles. The van der Waals surface area contributed by atoms with Gasteiger partial charge in [-0.15, -0.1) is 0 Å². The Morgan fingerprint density at radius 1 is 1.50 bits per heavy atom. The Balaban J connectivity index is 2.68. The minimum Gasteiger partial charge on any atom is -0.341 e. The first-order chi connectivity index (χ1) is 6.65. The SMILES string of the molecule is CC(CCN)N(C)c1ncc(Cl)cn1. The van der Waals surface area contributed by atoms with Gasteiger partial charge in [-0.1, -0.05) is 11.6 Å². The van der Waals surface area contributed by atoms with E-state index in [1.54, 1.807) is 12.4 Å². The molecule has 14 heavy (non-hydrogen) atoms. The van der Waals surface area contributed by atoms with Crippen molar-refractivity contribution in [3.8, 4) is 0 Å². The van der Waals surface area contributed by atoms with Gasteiger partial charge in [-0.25, -0.2) is 9.97 Å². The lowest BCUT2D eigenvalue weighted by atomic mass is 10.2. The van der Waals surface area contributed by atoms with Crippen LogP contribution in [-0.4, -0.2) is 29.6 Å². The maximum absolute atomic E-state index is 5.69. The summed E-state index contributed by atoms with van der Waals surface area (Å²) >= 11 is 5.69. The fourth-order valence-corrected chi connectivity index (χ4v) is 1.22. The molecule has 5 heteroatoms. The summed E-state index contributed by atoms with van der Waals surface area (Å²) in [6, 6.07) is 0.334. The summed E-state index contributed by atoms with van der Waals surface area (Å²) < 4.78 is 0. The molecule has 0 amide bonds. The van der Waals surface area contributed by atoms with Gasteiger partial charge in [-0.3, -0.25) is 0 Å². The Morgan fingerprint density at radius 2 is 2.07 bits per heavy atom. The van der Waals surface area contributed by atoms with Crippen LogP contribution in [0.3, 0.4) is 0 Å². The summed E-state index contributed by atoms with van der Waals surface area (Å²) in [6.07, 6.45) is 4.10. The number of nitrogens with two attached hydrogens (primary N) is 1. The van der Waals surface area contributed by atoms with Gasteiger partial charge >= 0.3 is 0 Å². The van der Waals surface area contributed by atoms with Gasteiger partial charge in [0.15, 0.2) is 0 Å². The molecule has 0 radical (unpaired) electrons. The van der Waals surface area contributed by atoms with Crippen LogP contribution in [0.4, 0.5) is 5.95 Å². The maximum atomic E-state index is 5.69. The number of hydrogen-bond donors (Lipinski definition) is 1. The molecule has 78 valence electrons. The summed E-state index contributed by atoms with van der Waals surface area (Å²) in [5.41, 5.74) is 5.48. The van der Waals surface area contributed by atoms with Gasteiger partial charge < -0.3 is 10.6 Å². The minimum atomic E-state index is 0.334. The molecule has 1 unspecified atom stereocenters. The maximum Gasteiger partial charge on any atom is 0.225 e. The monoisotopic (exact) mass is 214 g/mol. The molecule has 0 aliphatic heterocycles. The number of rotatable bonds is 4. The summed E-state index contributed by atoms with van der Waals surface area (Å²) in [7, 11) is 1.95. The van der Waals surface area contributed by atoms with Gasteiger partial charge in [0.1, 0.15) is 0 Å². The molecule has 1 rings (SSSR count). The quantitative estimate of drug-likeness (QED) is 0.821. The zero-order chi connectivity index (χ0) is 10.6. The zero-order valence-corrected chi connectivity index (χ0v) is 9.20. The standard InChI is InChI=1S/C9H15ClN4/c1-7(3-4-11)14(2)9-12-5-8(10)6-13-9/h5-7H,3-4,11H2,1-2H3. The highest BCUT2D eigenvalue weighted by atomic mass is 35.5. The van der Waals surface area contributed by atoms with Crippen molar-refractivity contribution < 1.29 is 0 Å². The topological polar surface area (TPSA) is 55.0 Å². The van der Waals surface area contributed by atoms with E-state index in [0.29, 0.717) is 23.6 Å². The van der Waals surface area contributed by atoms with Crippen LogP contribution in [0.5, 0.6) is 0 Å². The highest BCUT2D eigenvalue weighted by Crippen LogP contribution is 2.12. The Kier molecular flexibility index (Phi) is 4.10. The van der Waals surface area contributed by atoms with E-state index in [9.17, 15) is 0 Å². The van der Waals surface area contributed by atoms with Crippen molar-refractivity contribution in [3.63, 3.8) is 0 Å². The number of nitrogens with zero attached hydrogens (tertiary/aromatic N) is 3. The van der Waals surface area contributed by atoms with E-state index in [-0.39, 0.29) is 0 Å². The van der Waals surface area contributed by atoms with Crippen LogP contribution in [0.2, 0.25) is 5.02 Å². The average molecular weight is 215 g/mol. The lowest BCUT2D eigenvalue weighted by Gasteiger charge is -2.24. The van der Waals surface area contributed by atoms with Crippen LogP contribution in [0.25, 0.3) is 0 Å². The highest BCUT2D eigenvalue weighted by molar-refractivity contribution is 6.30. The molecular formula is C9H15ClN4. The summed E-state index contributed by atoms with van der Waals surface area (Å²) in [6.45, 7) is 2.75. The number of aromatic nitrogens is 2. The van der Waals surface area contributed by atoms with Gasteiger partial charge in [0.05, 0.1) is 17.4 Å². The largest absolute Gasteiger partial charge is 0.341 e. The van der Waals surface area contributed by atoms with Crippen molar-refractivity contribution in [2.45, 2.75) is 19.4 Å². The first kappa shape index (κ1) is 11.2. The molecule has 0 bridgehead atoms. The van der Waals surface area contributed by atoms with Gasteiger partial charge in [0.2, 0.25) is 5.95 Å². The van der Waals surface area contributed by atoms with Gasteiger partial charge in [0.25, 0.3) is 0 Å². The second-order valence-corrected chi connectivity index (χ2v) is 3.67. The van der Waals surface area contributed by atoms with Crippen LogP contribution in [-0.2, 0) is 0 Å². The second-order valence-electron chi connectivity index (χ2n) is 3.24. The summed E-state index contributed by atoms with van der Waals surface area (Å²) in [5, 5.41) is 0.550. The van der Waals surface area contributed by atoms with Gasteiger partial charge in [0, 0.05) is 13.1 Å². The normalized spacial score (nSPS) is 12.6. The molecule has 0 aliphatic carbocycles. The van der Waals surface area contributed by atoms with E-state index >= 15 is 0 Å². The number of anilines is 1. The van der Waals surface area contributed by atoms with Crippen molar-refractivity contribution in [3.05, 3.63) is 17.4 Å². The summed E-state index contributed by atoms with van der Waals surface area (Å²) in [4.78, 5) is 10.2. The smallest absolute Gasteiger partial charge is 0.225 e. The van der Waals surface area contributed by atoms with Crippen molar-refractivity contribution in [1.29, 1.82) is 0 Å². The Labute approximate surface area is 89.1 Å². The highest BCUT2D eigenvalue weighted by Gasteiger charge is 2.10. The molecule has 0 spiro atoms. The molecular weight excluding hydrogens is 200 g/mol. The lowest BCUT2D eigenvalue weighted by molar-refractivity contribution is 0.623. The third kappa shape index (κ3) is 2.82. The van der Waals surface area contributed by atoms with E-state index in [1.165, 1.54) is 0 Å². The Bertz CT molecular complexity index is 275. The van der Waals surface area contributed by atoms with Crippen LogP contribution in [0, 0.1) is 0 Å².